The maximum Gasteiger partial charge on any atom is 0.267 e. The maximum atomic E-state index is 12.7. The normalized spacial score (nSPS) is 11.2. The summed E-state index contributed by atoms with van der Waals surface area (Å²) < 4.78 is 1.95. The molecule has 0 aliphatic heterocycles. The van der Waals surface area contributed by atoms with Crippen molar-refractivity contribution >= 4 is 29.2 Å². The van der Waals surface area contributed by atoms with Crippen LogP contribution in [0.1, 0.15) is 27.2 Å². The predicted octanol–water partition coefficient (Wildman–Crippen LogP) is 3.23. The standard InChI is InChI=1S/C21H22N4O2S/c1-16-5-2-6-17(13-16)20(26)24-19(14-18-7-3-12-28-18)21(27)23-8-4-10-25-11-9-22-15-25/h2-3,5-7,9,11-15H,4,8,10H2,1H3,(H,23,27)(H,24,26)/b19-14-. The molecule has 3 rings (SSSR count). The summed E-state index contributed by atoms with van der Waals surface area (Å²) in [4.78, 5) is 30.1. The number of nitrogens with one attached hydrogen (secondary N) is 2. The first-order valence-corrected chi connectivity index (χ1v) is 9.87. The Morgan fingerprint density at radius 3 is 2.86 bits per heavy atom. The van der Waals surface area contributed by atoms with Gasteiger partial charge in [0.1, 0.15) is 5.70 Å². The zero-order valence-corrected chi connectivity index (χ0v) is 16.4. The summed E-state index contributed by atoms with van der Waals surface area (Å²) in [6, 6.07) is 11.1. The quantitative estimate of drug-likeness (QED) is 0.455. The molecular formula is C21H22N4O2S. The zero-order valence-electron chi connectivity index (χ0n) is 15.6. The summed E-state index contributed by atoms with van der Waals surface area (Å²) in [5.41, 5.74) is 1.74. The Hall–Kier alpha value is -3.19. The molecule has 3 aromatic rings. The molecule has 7 heteroatoms. The van der Waals surface area contributed by atoms with Gasteiger partial charge in [-0.25, -0.2) is 4.98 Å². The molecule has 2 amide bonds. The van der Waals surface area contributed by atoms with Crippen LogP contribution in [-0.4, -0.2) is 27.9 Å². The number of thiophene rings is 1. The molecule has 2 aromatic heterocycles. The topological polar surface area (TPSA) is 76.0 Å². The molecule has 0 aliphatic rings. The first kappa shape index (κ1) is 19.6. The smallest absolute Gasteiger partial charge is 0.267 e. The minimum absolute atomic E-state index is 0.233. The third kappa shape index (κ3) is 5.65. The lowest BCUT2D eigenvalue weighted by Crippen LogP contribution is -2.35. The van der Waals surface area contributed by atoms with Crippen molar-refractivity contribution in [2.75, 3.05) is 6.54 Å². The Morgan fingerprint density at radius 1 is 1.25 bits per heavy atom. The number of hydrogen-bond acceptors (Lipinski definition) is 4. The first-order chi connectivity index (χ1) is 13.6. The molecule has 0 fully saturated rings. The van der Waals surface area contributed by atoms with E-state index < -0.39 is 0 Å². The maximum absolute atomic E-state index is 12.7. The number of carbonyl (C=O) groups is 2. The van der Waals surface area contributed by atoms with E-state index in [0.29, 0.717) is 12.1 Å². The van der Waals surface area contributed by atoms with Gasteiger partial charge < -0.3 is 15.2 Å². The molecule has 1 aromatic carbocycles. The summed E-state index contributed by atoms with van der Waals surface area (Å²) in [5, 5.41) is 7.55. The number of amides is 2. The van der Waals surface area contributed by atoms with E-state index in [4.69, 9.17) is 0 Å². The van der Waals surface area contributed by atoms with Crippen molar-refractivity contribution in [1.29, 1.82) is 0 Å². The average Bonchev–Trinajstić information content (AvgIpc) is 3.38. The fourth-order valence-electron chi connectivity index (χ4n) is 2.63. The molecule has 0 spiro atoms. The van der Waals surface area contributed by atoms with Crippen molar-refractivity contribution in [2.45, 2.75) is 19.9 Å². The van der Waals surface area contributed by atoms with Gasteiger partial charge in [0.25, 0.3) is 11.8 Å². The van der Waals surface area contributed by atoms with Crippen molar-refractivity contribution in [3.05, 3.63) is 82.2 Å². The fourth-order valence-corrected chi connectivity index (χ4v) is 3.29. The van der Waals surface area contributed by atoms with E-state index in [1.165, 1.54) is 11.3 Å². The molecule has 0 saturated heterocycles. The van der Waals surface area contributed by atoms with E-state index in [0.717, 1.165) is 23.4 Å². The number of aryl methyl sites for hydroxylation is 2. The number of rotatable bonds is 8. The van der Waals surface area contributed by atoms with Gasteiger partial charge >= 0.3 is 0 Å². The van der Waals surface area contributed by atoms with Crippen LogP contribution in [0.4, 0.5) is 0 Å². The van der Waals surface area contributed by atoms with Gasteiger partial charge in [-0.05, 0) is 43.0 Å². The molecular weight excluding hydrogens is 372 g/mol. The molecule has 0 atom stereocenters. The van der Waals surface area contributed by atoms with Crippen LogP contribution in [0.15, 0.2) is 66.2 Å². The lowest BCUT2D eigenvalue weighted by atomic mass is 10.1. The highest BCUT2D eigenvalue weighted by molar-refractivity contribution is 7.10. The fraction of sp³-hybridized carbons (Fsp3) is 0.190. The van der Waals surface area contributed by atoms with Crippen molar-refractivity contribution < 1.29 is 9.59 Å². The summed E-state index contributed by atoms with van der Waals surface area (Å²) in [6.45, 7) is 3.19. The summed E-state index contributed by atoms with van der Waals surface area (Å²) in [5.74, 6) is -0.611. The van der Waals surface area contributed by atoms with E-state index in [9.17, 15) is 9.59 Å². The van der Waals surface area contributed by atoms with E-state index in [2.05, 4.69) is 15.6 Å². The van der Waals surface area contributed by atoms with Gasteiger partial charge in [0.2, 0.25) is 0 Å². The van der Waals surface area contributed by atoms with Crippen molar-refractivity contribution in [3.8, 4) is 0 Å². The Bertz CT molecular complexity index is 947. The first-order valence-electron chi connectivity index (χ1n) is 8.99. The van der Waals surface area contributed by atoms with Gasteiger partial charge in [-0.3, -0.25) is 9.59 Å². The summed E-state index contributed by atoms with van der Waals surface area (Å²) in [7, 11) is 0. The van der Waals surface area contributed by atoms with Crippen molar-refractivity contribution in [2.24, 2.45) is 0 Å². The Balaban J connectivity index is 1.64. The van der Waals surface area contributed by atoms with Gasteiger partial charge in [0.15, 0.2) is 0 Å². The van der Waals surface area contributed by atoms with Crippen LogP contribution < -0.4 is 10.6 Å². The zero-order chi connectivity index (χ0) is 19.8. The van der Waals surface area contributed by atoms with Gasteiger partial charge in [0, 0.05) is 35.9 Å². The Labute approximate surface area is 167 Å². The lowest BCUT2D eigenvalue weighted by Gasteiger charge is -2.11. The number of imidazole rings is 1. The van der Waals surface area contributed by atoms with Crippen molar-refractivity contribution in [1.82, 2.24) is 20.2 Å². The summed E-state index contributed by atoms with van der Waals surface area (Å²) >= 11 is 1.50. The molecule has 6 nitrogen and oxygen atoms in total. The summed E-state index contributed by atoms with van der Waals surface area (Å²) in [6.07, 6.45) is 7.81. The monoisotopic (exact) mass is 394 g/mol. The van der Waals surface area contributed by atoms with Gasteiger partial charge in [-0.1, -0.05) is 23.8 Å². The predicted molar refractivity (Wildman–Crippen MR) is 111 cm³/mol. The molecule has 28 heavy (non-hydrogen) atoms. The van der Waals surface area contributed by atoms with Crippen LogP contribution >= 0.6 is 11.3 Å². The highest BCUT2D eigenvalue weighted by Crippen LogP contribution is 2.13. The molecule has 0 bridgehead atoms. The van der Waals surface area contributed by atoms with E-state index >= 15 is 0 Å². The van der Waals surface area contributed by atoms with Crippen LogP contribution in [0.3, 0.4) is 0 Å². The van der Waals surface area contributed by atoms with E-state index in [1.807, 2.05) is 47.3 Å². The van der Waals surface area contributed by atoms with Crippen LogP contribution in [0.2, 0.25) is 0 Å². The molecule has 0 saturated carbocycles. The third-order valence-corrected chi connectivity index (χ3v) is 4.86. The third-order valence-electron chi connectivity index (χ3n) is 4.04. The SMILES string of the molecule is Cc1cccc(C(=O)N/C(=C\c2cccs2)C(=O)NCCCn2ccnc2)c1. The minimum Gasteiger partial charge on any atom is -0.351 e. The minimum atomic E-state index is -0.306. The molecule has 0 aliphatic carbocycles. The average molecular weight is 395 g/mol. The van der Waals surface area contributed by atoms with Gasteiger partial charge in [-0.2, -0.15) is 0 Å². The second kappa shape index (κ2) is 9.66. The highest BCUT2D eigenvalue weighted by atomic mass is 32.1. The largest absolute Gasteiger partial charge is 0.351 e. The van der Waals surface area contributed by atoms with E-state index in [-0.39, 0.29) is 17.5 Å². The number of benzene rings is 1. The highest BCUT2D eigenvalue weighted by Gasteiger charge is 2.14. The Morgan fingerprint density at radius 2 is 2.14 bits per heavy atom. The van der Waals surface area contributed by atoms with Crippen LogP contribution in [0.5, 0.6) is 0 Å². The Kier molecular flexibility index (Phi) is 6.75. The molecule has 2 heterocycles. The second-order valence-electron chi connectivity index (χ2n) is 6.31. The van der Waals surface area contributed by atoms with Crippen molar-refractivity contribution in [3.63, 3.8) is 0 Å². The molecule has 144 valence electrons. The van der Waals surface area contributed by atoms with Gasteiger partial charge in [-0.15, -0.1) is 11.3 Å². The molecule has 0 unspecified atom stereocenters. The number of nitrogens with zero attached hydrogens (tertiary/aromatic N) is 2. The van der Waals surface area contributed by atoms with Crippen LogP contribution in [0, 0.1) is 6.92 Å². The molecule has 0 radical (unpaired) electrons. The van der Waals surface area contributed by atoms with Gasteiger partial charge in [0.05, 0.1) is 6.33 Å². The van der Waals surface area contributed by atoms with Crippen LogP contribution in [-0.2, 0) is 11.3 Å². The number of hydrogen-bond donors (Lipinski definition) is 2. The van der Waals surface area contributed by atoms with E-state index in [1.54, 1.807) is 30.7 Å². The number of carbonyl (C=O) groups excluding carboxylic acids is 2. The molecule has 2 N–H and O–H groups in total. The number of aromatic nitrogens is 2. The second-order valence-corrected chi connectivity index (χ2v) is 7.29. The van der Waals surface area contributed by atoms with Crippen LogP contribution in [0.25, 0.3) is 6.08 Å². The lowest BCUT2D eigenvalue weighted by molar-refractivity contribution is -0.117.